The lowest BCUT2D eigenvalue weighted by Gasteiger charge is -2.46. The largest absolute Gasteiger partial charge is 0.466 e. The highest BCUT2D eigenvalue weighted by molar-refractivity contribution is 8.13. The van der Waals surface area contributed by atoms with Gasteiger partial charge in [-0.3, -0.25) is 14.4 Å². The van der Waals surface area contributed by atoms with Gasteiger partial charge in [-0.1, -0.05) is 36.0 Å². The number of fused-ring (bicyclic) bond motifs is 1. The van der Waals surface area contributed by atoms with E-state index in [0.717, 1.165) is 12.1 Å². The van der Waals surface area contributed by atoms with Gasteiger partial charge < -0.3 is 14.8 Å². The molecule has 2 aliphatic rings. The first-order valence-corrected chi connectivity index (χ1v) is 12.2. The number of ether oxygens (including phenoxy) is 2. The molecule has 3 unspecified atom stereocenters. The average Bonchev–Trinajstić information content (AvgIpc) is 2.84. The molecule has 1 amide bonds. The molecule has 0 saturated carbocycles. The van der Waals surface area contributed by atoms with Crippen molar-refractivity contribution < 1.29 is 32.6 Å². The molecular formula is C25H24F2N2O5S. The van der Waals surface area contributed by atoms with Gasteiger partial charge in [0, 0.05) is 28.9 Å². The lowest BCUT2D eigenvalue weighted by molar-refractivity contribution is -0.151. The molecule has 0 aliphatic carbocycles. The van der Waals surface area contributed by atoms with E-state index in [0.29, 0.717) is 11.3 Å². The second-order valence-corrected chi connectivity index (χ2v) is 9.29. The highest BCUT2D eigenvalue weighted by atomic mass is 32.2. The van der Waals surface area contributed by atoms with Crippen LogP contribution in [0.3, 0.4) is 0 Å². The number of esters is 1. The molecule has 2 aromatic rings. The predicted molar refractivity (Wildman–Crippen MR) is 126 cm³/mol. The summed E-state index contributed by atoms with van der Waals surface area (Å²) in [4.78, 5) is 41.8. The Labute approximate surface area is 205 Å². The van der Waals surface area contributed by atoms with Crippen molar-refractivity contribution in [2.75, 3.05) is 19.0 Å². The quantitative estimate of drug-likeness (QED) is 0.479. The number of Topliss-reactive ketones (excluding diaryl/α,β-unsaturated/α-hetero) is 1. The molecule has 1 saturated heterocycles. The zero-order valence-electron chi connectivity index (χ0n) is 19.0. The molecule has 10 heteroatoms. The van der Waals surface area contributed by atoms with Crippen LogP contribution in [0.2, 0.25) is 0 Å². The summed E-state index contributed by atoms with van der Waals surface area (Å²) in [6.45, 7) is 1.64. The van der Waals surface area contributed by atoms with Crippen molar-refractivity contribution in [1.82, 2.24) is 5.32 Å². The van der Waals surface area contributed by atoms with E-state index in [1.54, 1.807) is 37.3 Å². The average molecular weight is 503 g/mol. The van der Waals surface area contributed by atoms with Crippen molar-refractivity contribution in [3.05, 3.63) is 71.3 Å². The molecule has 2 aromatic carbocycles. The van der Waals surface area contributed by atoms with E-state index >= 15 is 0 Å². The molecule has 35 heavy (non-hydrogen) atoms. The van der Waals surface area contributed by atoms with Gasteiger partial charge in [-0.05, 0) is 31.5 Å². The third kappa shape index (κ3) is 5.43. The standard InChI is InChI=1S/C25H24F2N2O5S/c1-2-33-22(31)12-20(30)21-10-16-13-35-24(28-23(32)15-6-4-3-5-7-15)29-25(16,14-34-21)18-9-8-17(26)11-19(18)27/h3-9,11,16,21H,2,10,12-14H2,1H3,(H,28,29,32). The maximum atomic E-state index is 15.0. The number of aliphatic imine (C=N–C) groups is 1. The van der Waals surface area contributed by atoms with E-state index in [2.05, 4.69) is 5.32 Å². The fourth-order valence-electron chi connectivity index (χ4n) is 4.30. The Morgan fingerprint density at radius 1 is 1.20 bits per heavy atom. The first kappa shape index (κ1) is 25.0. The minimum atomic E-state index is -1.27. The molecule has 7 nitrogen and oxygen atoms in total. The number of ketones is 1. The van der Waals surface area contributed by atoms with Crippen LogP contribution in [0, 0.1) is 17.6 Å². The van der Waals surface area contributed by atoms with E-state index in [-0.39, 0.29) is 42.2 Å². The van der Waals surface area contributed by atoms with Gasteiger partial charge in [0.1, 0.15) is 29.7 Å². The number of thioether (sulfide) groups is 1. The number of hydrogen-bond acceptors (Lipinski definition) is 7. The van der Waals surface area contributed by atoms with E-state index in [1.807, 2.05) is 0 Å². The summed E-state index contributed by atoms with van der Waals surface area (Å²) in [6, 6.07) is 11.8. The smallest absolute Gasteiger partial charge is 0.313 e. The SMILES string of the molecule is CCOC(=O)CC(=O)C1CC2CSC(NC(=O)c3ccccc3)=NC2(c2ccc(F)cc2F)CO1. The number of rotatable bonds is 6. The third-order valence-electron chi connectivity index (χ3n) is 6.04. The van der Waals surface area contributed by atoms with Gasteiger partial charge in [0.25, 0.3) is 5.91 Å². The summed E-state index contributed by atoms with van der Waals surface area (Å²) < 4.78 is 39.3. The molecule has 2 aliphatic heterocycles. The maximum Gasteiger partial charge on any atom is 0.313 e. The van der Waals surface area contributed by atoms with Crippen LogP contribution in [-0.2, 0) is 24.6 Å². The zero-order chi connectivity index (χ0) is 25.0. The van der Waals surface area contributed by atoms with Crippen LogP contribution < -0.4 is 5.32 Å². The fourth-order valence-corrected chi connectivity index (χ4v) is 5.47. The van der Waals surface area contributed by atoms with Crippen molar-refractivity contribution in [3.8, 4) is 0 Å². The van der Waals surface area contributed by atoms with Crippen molar-refractivity contribution in [2.24, 2.45) is 10.9 Å². The Kier molecular flexibility index (Phi) is 7.61. The van der Waals surface area contributed by atoms with Gasteiger partial charge in [-0.15, -0.1) is 0 Å². The third-order valence-corrected chi connectivity index (χ3v) is 7.07. The molecule has 0 bridgehead atoms. The van der Waals surface area contributed by atoms with E-state index < -0.39 is 41.5 Å². The highest BCUT2D eigenvalue weighted by Crippen LogP contribution is 2.47. The zero-order valence-corrected chi connectivity index (χ0v) is 19.8. The van der Waals surface area contributed by atoms with Gasteiger partial charge in [0.2, 0.25) is 0 Å². The van der Waals surface area contributed by atoms with Crippen LogP contribution >= 0.6 is 11.8 Å². The van der Waals surface area contributed by atoms with Crippen LogP contribution in [0.25, 0.3) is 0 Å². The van der Waals surface area contributed by atoms with Crippen molar-refractivity contribution >= 4 is 34.6 Å². The first-order chi connectivity index (χ1) is 16.8. The molecule has 3 atom stereocenters. The van der Waals surface area contributed by atoms with Crippen LogP contribution in [0.5, 0.6) is 0 Å². The Morgan fingerprint density at radius 2 is 1.97 bits per heavy atom. The normalized spacial score (nSPS) is 23.6. The molecule has 0 spiro atoms. The van der Waals surface area contributed by atoms with Crippen LogP contribution in [0.4, 0.5) is 8.78 Å². The second kappa shape index (κ2) is 10.7. The summed E-state index contributed by atoms with van der Waals surface area (Å²) in [5.74, 6) is -2.92. The summed E-state index contributed by atoms with van der Waals surface area (Å²) in [5.41, 5.74) is -0.723. The minimum absolute atomic E-state index is 0.118. The molecule has 2 heterocycles. The monoisotopic (exact) mass is 502 g/mol. The van der Waals surface area contributed by atoms with E-state index in [9.17, 15) is 23.2 Å². The lowest BCUT2D eigenvalue weighted by Crippen LogP contribution is -2.52. The Balaban J connectivity index is 1.62. The molecule has 0 radical (unpaired) electrons. The van der Waals surface area contributed by atoms with Crippen LogP contribution in [-0.4, -0.2) is 47.9 Å². The highest BCUT2D eigenvalue weighted by Gasteiger charge is 2.51. The predicted octanol–water partition coefficient (Wildman–Crippen LogP) is 3.62. The van der Waals surface area contributed by atoms with E-state index in [4.69, 9.17) is 14.5 Å². The number of halogens is 2. The van der Waals surface area contributed by atoms with Crippen LogP contribution in [0.15, 0.2) is 53.5 Å². The number of nitrogens with one attached hydrogen (secondary N) is 1. The Morgan fingerprint density at radius 3 is 2.69 bits per heavy atom. The molecule has 184 valence electrons. The fraction of sp³-hybridized carbons (Fsp3) is 0.360. The number of nitrogens with zero attached hydrogens (tertiary/aromatic N) is 1. The number of amides is 1. The molecule has 1 fully saturated rings. The minimum Gasteiger partial charge on any atom is -0.466 e. The van der Waals surface area contributed by atoms with Gasteiger partial charge in [0.05, 0.1) is 13.2 Å². The number of benzene rings is 2. The van der Waals surface area contributed by atoms with Gasteiger partial charge >= 0.3 is 5.97 Å². The van der Waals surface area contributed by atoms with Crippen molar-refractivity contribution in [1.29, 1.82) is 0 Å². The molecular weight excluding hydrogens is 478 g/mol. The van der Waals surface area contributed by atoms with Gasteiger partial charge in [-0.25, -0.2) is 13.8 Å². The molecule has 4 rings (SSSR count). The maximum absolute atomic E-state index is 15.0. The van der Waals surface area contributed by atoms with Gasteiger partial charge in [0.15, 0.2) is 11.0 Å². The topological polar surface area (TPSA) is 94.1 Å². The van der Waals surface area contributed by atoms with Gasteiger partial charge in [-0.2, -0.15) is 0 Å². The first-order valence-electron chi connectivity index (χ1n) is 11.2. The molecule has 0 aromatic heterocycles. The Bertz CT molecular complexity index is 1160. The summed E-state index contributed by atoms with van der Waals surface area (Å²) in [7, 11) is 0. The number of amidine groups is 1. The summed E-state index contributed by atoms with van der Waals surface area (Å²) in [5, 5.41) is 3.04. The lowest BCUT2D eigenvalue weighted by atomic mass is 9.74. The second-order valence-electron chi connectivity index (χ2n) is 8.28. The van der Waals surface area contributed by atoms with Crippen molar-refractivity contribution in [3.63, 3.8) is 0 Å². The van der Waals surface area contributed by atoms with Crippen LogP contribution in [0.1, 0.15) is 35.7 Å². The Hall–Kier alpha value is -3.11. The van der Waals surface area contributed by atoms with E-state index in [1.165, 1.54) is 17.8 Å². The number of hydrogen-bond donors (Lipinski definition) is 1. The summed E-state index contributed by atoms with van der Waals surface area (Å²) in [6.07, 6.45) is -1.11. The number of carbonyl (C=O) groups is 3. The number of carbonyl (C=O) groups excluding carboxylic acids is 3. The molecule has 1 N–H and O–H groups in total. The van der Waals surface area contributed by atoms with Crippen molar-refractivity contribution in [2.45, 2.75) is 31.4 Å². The summed E-state index contributed by atoms with van der Waals surface area (Å²) >= 11 is 1.27.